The molecule has 1 aromatic heterocycles. The van der Waals surface area contributed by atoms with Crippen LogP contribution in [-0.4, -0.2) is 40.5 Å². The lowest BCUT2D eigenvalue weighted by atomic mass is 10.2. The number of hydrogen-bond acceptors (Lipinski definition) is 5. The van der Waals surface area contributed by atoms with Crippen LogP contribution in [0.25, 0.3) is 0 Å². The maximum absolute atomic E-state index is 11.6. The van der Waals surface area contributed by atoms with Gasteiger partial charge in [0.05, 0.1) is 0 Å². The van der Waals surface area contributed by atoms with E-state index in [1.165, 1.54) is 0 Å². The number of carbonyl (C=O) groups is 1. The van der Waals surface area contributed by atoms with Crippen molar-refractivity contribution in [3.63, 3.8) is 0 Å². The van der Waals surface area contributed by atoms with E-state index in [-0.39, 0.29) is 24.6 Å². The summed E-state index contributed by atoms with van der Waals surface area (Å²) in [6.07, 6.45) is 1.85. The normalized spacial score (nSPS) is 12.4. The van der Waals surface area contributed by atoms with Crippen molar-refractivity contribution >= 4 is 6.03 Å². The summed E-state index contributed by atoms with van der Waals surface area (Å²) in [6.45, 7) is 6.45. The van der Waals surface area contributed by atoms with Crippen LogP contribution in [0.3, 0.4) is 0 Å². The highest BCUT2D eigenvalue weighted by Crippen LogP contribution is 2.09. The first-order valence-corrected chi connectivity index (χ1v) is 7.04. The molecule has 1 atom stereocenters. The van der Waals surface area contributed by atoms with E-state index >= 15 is 0 Å². The van der Waals surface area contributed by atoms with Crippen LogP contribution in [0.4, 0.5) is 4.79 Å². The fourth-order valence-corrected chi connectivity index (χ4v) is 1.66. The van der Waals surface area contributed by atoms with Gasteiger partial charge in [-0.15, -0.1) is 0 Å². The van der Waals surface area contributed by atoms with Crippen molar-refractivity contribution in [1.82, 2.24) is 20.8 Å². The molecule has 0 aliphatic heterocycles. The van der Waals surface area contributed by atoms with E-state index in [0.29, 0.717) is 31.1 Å². The van der Waals surface area contributed by atoms with Crippen LogP contribution in [0.15, 0.2) is 4.52 Å². The van der Waals surface area contributed by atoms with Crippen molar-refractivity contribution in [1.29, 1.82) is 0 Å². The average Bonchev–Trinajstić information content (AvgIpc) is 2.87. The molecule has 0 bridgehead atoms. The number of amides is 2. The molecule has 0 radical (unpaired) electrons. The third-order valence-electron chi connectivity index (χ3n) is 2.93. The Bertz CT molecular complexity index is 406. The Hall–Kier alpha value is -1.63. The van der Waals surface area contributed by atoms with E-state index in [2.05, 4.69) is 20.8 Å². The van der Waals surface area contributed by atoms with Crippen molar-refractivity contribution in [3.8, 4) is 0 Å². The predicted octanol–water partition coefficient (Wildman–Crippen LogP) is 1.20. The highest BCUT2D eigenvalue weighted by Gasteiger charge is 2.11. The first kappa shape index (κ1) is 16.4. The lowest BCUT2D eigenvalue weighted by molar-refractivity contribution is 0.228. The number of hydrogen-bond donors (Lipinski definition) is 3. The molecule has 114 valence electrons. The van der Waals surface area contributed by atoms with Crippen LogP contribution in [-0.2, 0) is 6.42 Å². The third kappa shape index (κ3) is 5.56. The van der Waals surface area contributed by atoms with Gasteiger partial charge in [0.15, 0.2) is 5.82 Å². The van der Waals surface area contributed by atoms with Gasteiger partial charge in [0, 0.05) is 31.5 Å². The largest absolute Gasteiger partial charge is 0.396 e. The third-order valence-corrected chi connectivity index (χ3v) is 2.93. The number of rotatable bonds is 8. The zero-order valence-corrected chi connectivity index (χ0v) is 12.3. The second kappa shape index (κ2) is 8.52. The molecule has 0 aliphatic carbocycles. The van der Waals surface area contributed by atoms with E-state index < -0.39 is 0 Å². The first-order chi connectivity index (χ1) is 9.56. The molecule has 2 amide bonds. The fraction of sp³-hybridized carbons (Fsp3) is 0.769. The topological polar surface area (TPSA) is 100 Å². The molecule has 1 unspecified atom stereocenters. The smallest absolute Gasteiger partial charge is 0.315 e. The average molecular weight is 284 g/mol. The van der Waals surface area contributed by atoms with E-state index in [0.717, 1.165) is 6.42 Å². The van der Waals surface area contributed by atoms with Crippen molar-refractivity contribution < 1.29 is 14.4 Å². The second-order valence-corrected chi connectivity index (χ2v) is 4.97. The SMILES string of the molecule is CCC(CCO)NC(=O)NCCc1nc(C(C)C)no1. The summed E-state index contributed by atoms with van der Waals surface area (Å²) in [5.41, 5.74) is 0. The minimum atomic E-state index is -0.242. The Balaban J connectivity index is 2.27. The Morgan fingerprint density at radius 1 is 1.45 bits per heavy atom. The molecule has 1 heterocycles. The van der Waals surface area contributed by atoms with Crippen molar-refractivity contribution in [2.24, 2.45) is 0 Å². The summed E-state index contributed by atoms with van der Waals surface area (Å²) in [5.74, 6) is 1.43. The standard InChI is InChI=1S/C13H24N4O3/c1-4-10(6-8-18)15-13(19)14-7-5-11-16-12(9(2)3)17-20-11/h9-10,18H,4-8H2,1-3H3,(H2,14,15,19). The molecule has 7 heteroatoms. The Morgan fingerprint density at radius 2 is 2.20 bits per heavy atom. The summed E-state index contributed by atoms with van der Waals surface area (Å²) in [7, 11) is 0. The van der Waals surface area contributed by atoms with Crippen molar-refractivity contribution in [2.45, 2.75) is 52.0 Å². The quantitative estimate of drug-likeness (QED) is 0.666. The van der Waals surface area contributed by atoms with Gasteiger partial charge in [-0.2, -0.15) is 4.98 Å². The van der Waals surface area contributed by atoms with Crippen LogP contribution in [0.1, 0.15) is 51.2 Å². The summed E-state index contributed by atoms with van der Waals surface area (Å²) in [6, 6.07) is -0.246. The van der Waals surface area contributed by atoms with E-state index in [4.69, 9.17) is 9.63 Å². The van der Waals surface area contributed by atoms with Crippen LogP contribution in [0.2, 0.25) is 0 Å². The highest BCUT2D eigenvalue weighted by molar-refractivity contribution is 5.74. The van der Waals surface area contributed by atoms with E-state index in [1.54, 1.807) is 0 Å². The Morgan fingerprint density at radius 3 is 2.75 bits per heavy atom. The van der Waals surface area contributed by atoms with Gasteiger partial charge in [-0.05, 0) is 12.8 Å². The molecule has 0 saturated heterocycles. The van der Waals surface area contributed by atoms with Crippen LogP contribution in [0.5, 0.6) is 0 Å². The zero-order chi connectivity index (χ0) is 15.0. The lowest BCUT2D eigenvalue weighted by Gasteiger charge is -2.15. The number of nitrogens with one attached hydrogen (secondary N) is 2. The molecule has 0 spiro atoms. The summed E-state index contributed by atoms with van der Waals surface area (Å²) < 4.78 is 5.08. The summed E-state index contributed by atoms with van der Waals surface area (Å²) in [4.78, 5) is 15.9. The number of nitrogens with zero attached hydrogens (tertiary/aromatic N) is 2. The van der Waals surface area contributed by atoms with Gasteiger partial charge in [0.2, 0.25) is 5.89 Å². The Labute approximate surface area is 119 Å². The van der Waals surface area contributed by atoms with Gasteiger partial charge in [0.1, 0.15) is 0 Å². The second-order valence-electron chi connectivity index (χ2n) is 4.97. The molecule has 20 heavy (non-hydrogen) atoms. The molecule has 0 aromatic carbocycles. The monoisotopic (exact) mass is 284 g/mol. The fourth-order valence-electron chi connectivity index (χ4n) is 1.66. The van der Waals surface area contributed by atoms with Gasteiger partial charge in [-0.3, -0.25) is 0 Å². The van der Waals surface area contributed by atoms with Crippen LogP contribution in [0, 0.1) is 0 Å². The molecule has 0 fully saturated rings. The number of aliphatic hydroxyl groups is 1. The Kier molecular flexibility index (Phi) is 7.00. The van der Waals surface area contributed by atoms with Gasteiger partial charge in [0.25, 0.3) is 0 Å². The van der Waals surface area contributed by atoms with Crippen LogP contribution < -0.4 is 10.6 Å². The highest BCUT2D eigenvalue weighted by atomic mass is 16.5. The minimum Gasteiger partial charge on any atom is -0.396 e. The zero-order valence-electron chi connectivity index (χ0n) is 12.3. The molecule has 1 rings (SSSR count). The van der Waals surface area contributed by atoms with Gasteiger partial charge < -0.3 is 20.3 Å². The van der Waals surface area contributed by atoms with Gasteiger partial charge in [-0.1, -0.05) is 25.9 Å². The number of aromatic nitrogens is 2. The molecule has 1 aromatic rings. The maximum atomic E-state index is 11.6. The summed E-state index contributed by atoms with van der Waals surface area (Å²) in [5, 5.41) is 18.2. The number of aliphatic hydroxyl groups excluding tert-OH is 1. The molecular weight excluding hydrogens is 260 g/mol. The van der Waals surface area contributed by atoms with E-state index in [9.17, 15) is 4.79 Å². The first-order valence-electron chi connectivity index (χ1n) is 7.04. The predicted molar refractivity (Wildman–Crippen MR) is 74.4 cm³/mol. The molecule has 0 aliphatic rings. The van der Waals surface area contributed by atoms with Crippen molar-refractivity contribution in [2.75, 3.05) is 13.2 Å². The maximum Gasteiger partial charge on any atom is 0.315 e. The molecule has 7 nitrogen and oxygen atoms in total. The molecular formula is C13H24N4O3. The van der Waals surface area contributed by atoms with Gasteiger partial charge in [-0.25, -0.2) is 4.79 Å². The van der Waals surface area contributed by atoms with Crippen molar-refractivity contribution in [3.05, 3.63) is 11.7 Å². The van der Waals surface area contributed by atoms with Crippen LogP contribution >= 0.6 is 0 Å². The number of carbonyl (C=O) groups excluding carboxylic acids is 1. The number of urea groups is 1. The van der Waals surface area contributed by atoms with E-state index in [1.807, 2.05) is 20.8 Å². The molecule has 0 saturated carbocycles. The minimum absolute atomic E-state index is 0.00375. The lowest BCUT2D eigenvalue weighted by Crippen LogP contribution is -2.42. The van der Waals surface area contributed by atoms with Gasteiger partial charge >= 0.3 is 6.03 Å². The molecule has 3 N–H and O–H groups in total. The summed E-state index contributed by atoms with van der Waals surface area (Å²) >= 11 is 0.